The van der Waals surface area contributed by atoms with Gasteiger partial charge in [-0.25, -0.2) is 4.98 Å². The van der Waals surface area contributed by atoms with E-state index in [-0.39, 0.29) is 33.9 Å². The smallest absolute Gasteiger partial charge is 0.145 e. The molecule has 5 nitrogen and oxygen atoms in total. The Morgan fingerprint density at radius 3 is 1.65 bits per heavy atom. The Balaban J connectivity index is 0.968. The number of fused-ring (bicyclic) bond motifs is 4. The average Bonchev–Trinajstić information content (AvgIpc) is 4.20. The van der Waals surface area contributed by atoms with Crippen molar-refractivity contribution < 1.29 is 11.6 Å². The number of nitrogens with zero attached hydrogens (tertiary/aromatic N) is 4. The topological polar surface area (TPSA) is 33.5 Å². The van der Waals surface area contributed by atoms with Crippen molar-refractivity contribution in [3.8, 4) is 61.8 Å². The van der Waals surface area contributed by atoms with Crippen LogP contribution in [0.25, 0.3) is 72.1 Å². The molecule has 0 saturated heterocycles. The lowest BCUT2D eigenvalue weighted by Crippen LogP contribution is -2.25. The molecular formula is C72H66N4O. The van der Waals surface area contributed by atoms with Crippen LogP contribution in [0.1, 0.15) is 85.9 Å². The highest BCUT2D eigenvalue weighted by molar-refractivity contribution is 6.10. The first-order chi connectivity index (χ1) is 39.1. The molecule has 0 atom stereocenters. The van der Waals surface area contributed by atoms with Crippen molar-refractivity contribution in [2.45, 2.75) is 78.6 Å². The molecule has 0 bridgehead atoms. The Labute approximate surface area is 461 Å². The van der Waals surface area contributed by atoms with Crippen LogP contribution in [-0.2, 0) is 16.2 Å². The van der Waals surface area contributed by atoms with E-state index < -0.39 is 18.1 Å². The third-order valence-corrected chi connectivity index (χ3v) is 15.0. The van der Waals surface area contributed by atoms with Crippen molar-refractivity contribution in [2.24, 2.45) is 0 Å². The highest BCUT2D eigenvalue weighted by Gasteiger charge is 2.34. The van der Waals surface area contributed by atoms with Crippen LogP contribution in [-0.4, -0.2) is 16.2 Å². The van der Waals surface area contributed by atoms with Crippen molar-refractivity contribution in [3.05, 3.63) is 241 Å². The van der Waals surface area contributed by atoms with Crippen molar-refractivity contribution >= 4 is 44.6 Å². The Morgan fingerprint density at radius 2 is 0.987 bits per heavy atom. The van der Waals surface area contributed by atoms with Gasteiger partial charge in [0.1, 0.15) is 24.0 Å². The summed E-state index contributed by atoms with van der Waals surface area (Å²) in [7, 11) is 0. The summed E-state index contributed by atoms with van der Waals surface area (Å²) in [5.74, 6) is 1.93. The number of ether oxygens (including phenoxy) is 1. The number of hydrogen-bond acceptors (Lipinski definition) is 4. The zero-order chi connectivity index (χ0) is 57.6. The lowest BCUT2D eigenvalue weighted by atomic mass is 9.77. The molecule has 1 aliphatic rings. The van der Waals surface area contributed by atoms with Crippen molar-refractivity contribution in [2.75, 3.05) is 16.5 Å². The maximum absolute atomic E-state index is 8.83. The number of anilines is 4. The molecule has 9 aromatic carbocycles. The predicted octanol–water partition coefficient (Wildman–Crippen LogP) is 19.8. The van der Waals surface area contributed by atoms with Gasteiger partial charge in [0.15, 0.2) is 0 Å². The summed E-state index contributed by atoms with van der Waals surface area (Å²) < 4.78 is 51.9. The number of benzene rings is 9. The zero-order valence-corrected chi connectivity index (χ0v) is 45.4. The molecule has 0 spiro atoms. The molecule has 0 fully saturated rings. The summed E-state index contributed by atoms with van der Waals surface area (Å²) in [5, 5.41) is 2.03. The molecule has 0 amide bonds. The van der Waals surface area contributed by atoms with Crippen LogP contribution in [0.3, 0.4) is 0 Å². The van der Waals surface area contributed by atoms with Gasteiger partial charge in [0.2, 0.25) is 0 Å². The van der Waals surface area contributed by atoms with Crippen molar-refractivity contribution in [1.82, 2.24) is 9.55 Å². The fourth-order valence-corrected chi connectivity index (χ4v) is 10.8. The van der Waals surface area contributed by atoms with E-state index in [2.05, 4.69) is 204 Å². The van der Waals surface area contributed by atoms with Gasteiger partial charge in [0, 0.05) is 57.0 Å². The number of aromatic nitrogens is 2. The molecule has 0 aliphatic carbocycles. The van der Waals surface area contributed by atoms with Crippen LogP contribution < -0.4 is 14.5 Å². The van der Waals surface area contributed by atoms with Gasteiger partial charge in [0.25, 0.3) is 0 Å². The molecule has 77 heavy (non-hydrogen) atoms. The minimum Gasteiger partial charge on any atom is -0.457 e. The molecule has 380 valence electrons. The SMILES string of the molecule is [2H]c1c([2H])c([2H])c(-c2cnc(-n3c4ccccc4c4ccc(Oc5cccc(N6CN(c7c(-c8ccccc8)cc(C(C)(C)C)cc7-c7cc(C(C)(C)C)cc(C(C)(C)C)c7)c7ccccc76)c5)cc43)c(-c3ccccc3)c2)c([2H])c1[2H]. The summed E-state index contributed by atoms with van der Waals surface area (Å²) in [6.45, 7) is 21.3. The van der Waals surface area contributed by atoms with Crippen LogP contribution in [0.15, 0.2) is 224 Å². The maximum atomic E-state index is 8.83. The number of hydrogen-bond donors (Lipinski definition) is 0. The highest BCUT2D eigenvalue weighted by atomic mass is 16.5. The van der Waals surface area contributed by atoms with Gasteiger partial charge >= 0.3 is 0 Å². The van der Waals surface area contributed by atoms with Gasteiger partial charge in [0.05, 0.1) is 34.9 Å². The molecule has 0 radical (unpaired) electrons. The number of para-hydroxylation sites is 3. The summed E-state index contributed by atoms with van der Waals surface area (Å²) >= 11 is 0. The highest BCUT2D eigenvalue weighted by Crippen LogP contribution is 2.52. The number of pyridine rings is 1. The maximum Gasteiger partial charge on any atom is 0.145 e. The van der Waals surface area contributed by atoms with Crippen LogP contribution >= 0.6 is 0 Å². The van der Waals surface area contributed by atoms with E-state index in [1.54, 1.807) is 6.20 Å². The monoisotopic (exact) mass is 1010 g/mol. The van der Waals surface area contributed by atoms with E-state index in [1.165, 1.54) is 33.4 Å². The molecule has 0 saturated carbocycles. The van der Waals surface area contributed by atoms with Crippen LogP contribution in [0, 0.1) is 0 Å². The largest absolute Gasteiger partial charge is 0.457 e. The lowest BCUT2D eigenvalue weighted by Gasteiger charge is -2.31. The van der Waals surface area contributed by atoms with E-state index in [0.717, 1.165) is 61.2 Å². The average molecular weight is 1010 g/mol. The minimum atomic E-state index is -0.438. The fraction of sp³-hybridized carbons (Fsp3) is 0.181. The van der Waals surface area contributed by atoms with Crippen LogP contribution in [0.4, 0.5) is 22.7 Å². The van der Waals surface area contributed by atoms with Gasteiger partial charge in [-0.3, -0.25) is 4.57 Å². The van der Waals surface area contributed by atoms with Gasteiger partial charge in [-0.05, 0) is 116 Å². The zero-order valence-electron chi connectivity index (χ0n) is 50.4. The summed E-state index contributed by atoms with van der Waals surface area (Å²) in [5.41, 5.74) is 16.6. The van der Waals surface area contributed by atoms with E-state index in [1.807, 2.05) is 60.7 Å². The Morgan fingerprint density at radius 1 is 0.429 bits per heavy atom. The molecule has 5 heteroatoms. The Kier molecular flexibility index (Phi) is 10.8. The van der Waals surface area contributed by atoms with E-state index in [4.69, 9.17) is 16.6 Å². The fourth-order valence-electron chi connectivity index (χ4n) is 10.8. The standard InChI is InChI=1S/C72H66N4O/c1-70(2,3)53-38-51(39-54(41-53)71(4,5)6)62-43-55(72(7,8)9)42-61(49-26-15-11-16-27-49)68(62)75-47-74(65-34-21-22-35-66(65)75)56-30-23-31-57(44-56)77-58-36-37-60-59-32-19-20-33-64(59)76(67(60)45-58)69-63(50-28-17-12-18-29-50)40-52(46-73-69)48-24-13-10-14-25-48/h10-46H,47H2,1-9H3/i10D,13D,14D,24D,25D. The summed E-state index contributed by atoms with van der Waals surface area (Å²) in [6, 6.07) is 64.4. The predicted molar refractivity (Wildman–Crippen MR) is 325 cm³/mol. The molecule has 0 N–H and O–H groups in total. The first-order valence-electron chi connectivity index (χ1n) is 29.1. The Bertz CT molecular complexity index is 4240. The molecule has 3 heterocycles. The van der Waals surface area contributed by atoms with Gasteiger partial charge in [-0.2, -0.15) is 0 Å². The quantitative estimate of drug-likeness (QED) is 0.144. The van der Waals surface area contributed by atoms with Crippen molar-refractivity contribution in [3.63, 3.8) is 0 Å². The number of rotatable bonds is 9. The second-order valence-corrected chi connectivity index (χ2v) is 23.4. The molecule has 1 aliphatic heterocycles. The third kappa shape index (κ3) is 9.35. The van der Waals surface area contributed by atoms with E-state index in [9.17, 15) is 0 Å². The van der Waals surface area contributed by atoms with Crippen LogP contribution in [0.5, 0.6) is 11.5 Å². The second kappa shape index (κ2) is 19.2. The molecular weight excluding hydrogens is 937 g/mol. The summed E-state index contributed by atoms with van der Waals surface area (Å²) in [6.07, 6.45) is 1.61. The molecule has 0 unspecified atom stereocenters. The lowest BCUT2D eigenvalue weighted by molar-refractivity contribution is 0.483. The van der Waals surface area contributed by atoms with E-state index in [0.29, 0.717) is 29.5 Å². The normalized spacial score (nSPS) is 13.8. The first kappa shape index (κ1) is 43.6. The Hall–Kier alpha value is -8.67. The van der Waals surface area contributed by atoms with Gasteiger partial charge in [-0.15, -0.1) is 0 Å². The minimum absolute atomic E-state index is 0.0766. The molecule has 2 aromatic heterocycles. The molecule has 11 aromatic rings. The summed E-state index contributed by atoms with van der Waals surface area (Å²) in [4.78, 5) is 10.0. The first-order valence-corrected chi connectivity index (χ1v) is 26.6. The van der Waals surface area contributed by atoms with Crippen LogP contribution in [0.2, 0.25) is 0 Å². The van der Waals surface area contributed by atoms with E-state index >= 15 is 0 Å². The molecule has 12 rings (SSSR count). The van der Waals surface area contributed by atoms with Crippen molar-refractivity contribution in [1.29, 1.82) is 0 Å². The van der Waals surface area contributed by atoms with Gasteiger partial charge < -0.3 is 14.5 Å². The third-order valence-electron chi connectivity index (χ3n) is 15.0. The second-order valence-electron chi connectivity index (χ2n) is 23.4. The van der Waals surface area contributed by atoms with Gasteiger partial charge in [-0.1, -0.05) is 208 Å².